The molecule has 25 heavy (non-hydrogen) atoms. The van der Waals surface area contributed by atoms with E-state index in [1.165, 1.54) is 40.7 Å². The molecule has 0 unspecified atom stereocenters. The first-order valence-electron chi connectivity index (χ1n) is 8.24. The Balaban J connectivity index is 1.62. The third-order valence-electron chi connectivity index (χ3n) is 4.63. The molecule has 130 valence electrons. The Labute approximate surface area is 147 Å². The number of benzene rings is 2. The van der Waals surface area contributed by atoms with Crippen molar-refractivity contribution in [2.24, 2.45) is 5.92 Å². The van der Waals surface area contributed by atoms with Crippen LogP contribution in [-0.2, 0) is 16.4 Å². The summed E-state index contributed by atoms with van der Waals surface area (Å²) in [5, 5.41) is 8.81. The summed E-state index contributed by atoms with van der Waals surface area (Å²) in [6.45, 7) is 0.961. The molecule has 2 aromatic rings. The summed E-state index contributed by atoms with van der Waals surface area (Å²) in [5.41, 5.74) is 1.52. The van der Waals surface area contributed by atoms with Gasteiger partial charge in [-0.1, -0.05) is 12.1 Å². The number of nitrogens with zero attached hydrogens (tertiary/aromatic N) is 2. The van der Waals surface area contributed by atoms with E-state index in [-0.39, 0.29) is 10.7 Å². The maximum Gasteiger partial charge on any atom is 0.243 e. The first-order valence-corrected chi connectivity index (χ1v) is 9.68. The molecule has 2 aromatic carbocycles. The van der Waals surface area contributed by atoms with Gasteiger partial charge in [0.1, 0.15) is 5.82 Å². The van der Waals surface area contributed by atoms with Crippen LogP contribution in [0.2, 0.25) is 0 Å². The first kappa shape index (κ1) is 17.6. The lowest BCUT2D eigenvalue weighted by atomic mass is 9.91. The third kappa shape index (κ3) is 4.06. The standard InChI is InChI=1S/C19H19FN2O2S/c20-18-5-1-15(2-6-18)13-16-9-11-22(12-10-16)25(23,24)19-7-3-17(14-21)4-8-19/h1-8,16H,9-13H2. The van der Waals surface area contributed by atoms with Gasteiger partial charge in [0.15, 0.2) is 0 Å². The van der Waals surface area contributed by atoms with Gasteiger partial charge in [-0.2, -0.15) is 9.57 Å². The van der Waals surface area contributed by atoms with Crippen molar-refractivity contribution in [1.82, 2.24) is 4.31 Å². The van der Waals surface area contributed by atoms with E-state index in [4.69, 9.17) is 5.26 Å². The SMILES string of the molecule is N#Cc1ccc(S(=O)(=O)N2CCC(Cc3ccc(F)cc3)CC2)cc1. The average Bonchev–Trinajstić information content (AvgIpc) is 2.64. The molecule has 0 N–H and O–H groups in total. The van der Waals surface area contributed by atoms with Crippen molar-refractivity contribution in [3.8, 4) is 6.07 Å². The van der Waals surface area contributed by atoms with E-state index in [9.17, 15) is 12.8 Å². The van der Waals surface area contributed by atoms with Gasteiger partial charge in [-0.3, -0.25) is 0 Å². The number of halogens is 1. The molecule has 1 heterocycles. The normalized spacial score (nSPS) is 16.5. The van der Waals surface area contributed by atoms with Crippen molar-refractivity contribution in [3.63, 3.8) is 0 Å². The van der Waals surface area contributed by atoms with Gasteiger partial charge in [0.25, 0.3) is 0 Å². The molecule has 3 rings (SSSR count). The van der Waals surface area contributed by atoms with E-state index in [2.05, 4.69) is 0 Å². The second-order valence-electron chi connectivity index (χ2n) is 6.31. The van der Waals surface area contributed by atoms with E-state index >= 15 is 0 Å². The van der Waals surface area contributed by atoms with Gasteiger partial charge in [0.2, 0.25) is 10.0 Å². The fourth-order valence-electron chi connectivity index (χ4n) is 3.16. The highest BCUT2D eigenvalue weighted by Crippen LogP contribution is 2.26. The molecule has 0 atom stereocenters. The lowest BCUT2D eigenvalue weighted by Gasteiger charge is -2.31. The van der Waals surface area contributed by atoms with Crippen LogP contribution < -0.4 is 0 Å². The van der Waals surface area contributed by atoms with Crippen molar-refractivity contribution in [3.05, 3.63) is 65.5 Å². The molecule has 0 aromatic heterocycles. The van der Waals surface area contributed by atoms with Gasteiger partial charge in [0, 0.05) is 13.1 Å². The second kappa shape index (κ2) is 7.34. The highest BCUT2D eigenvalue weighted by atomic mass is 32.2. The molecule has 0 spiro atoms. The zero-order valence-corrected chi connectivity index (χ0v) is 14.5. The van der Waals surface area contributed by atoms with Crippen molar-refractivity contribution < 1.29 is 12.8 Å². The molecule has 6 heteroatoms. The fraction of sp³-hybridized carbons (Fsp3) is 0.316. The molecule has 4 nitrogen and oxygen atoms in total. The first-order chi connectivity index (χ1) is 12.0. The lowest BCUT2D eigenvalue weighted by Crippen LogP contribution is -2.38. The predicted octanol–water partition coefficient (Wildman–Crippen LogP) is 3.34. The van der Waals surface area contributed by atoms with Crippen LogP contribution in [0.25, 0.3) is 0 Å². The maximum atomic E-state index is 13.0. The number of hydrogen-bond acceptors (Lipinski definition) is 3. The minimum Gasteiger partial charge on any atom is -0.207 e. The summed E-state index contributed by atoms with van der Waals surface area (Å²) in [7, 11) is -3.51. The Morgan fingerprint density at radius 3 is 2.20 bits per heavy atom. The summed E-state index contributed by atoms with van der Waals surface area (Å²) in [6.07, 6.45) is 2.41. The number of nitriles is 1. The lowest BCUT2D eigenvalue weighted by molar-refractivity contribution is 0.273. The van der Waals surface area contributed by atoms with Crippen molar-refractivity contribution in [1.29, 1.82) is 5.26 Å². The number of rotatable bonds is 4. The molecule has 0 radical (unpaired) electrons. The molecule has 0 aliphatic carbocycles. The van der Waals surface area contributed by atoms with Crippen LogP contribution in [0.5, 0.6) is 0 Å². The third-order valence-corrected chi connectivity index (χ3v) is 6.55. The zero-order valence-electron chi connectivity index (χ0n) is 13.7. The number of hydrogen-bond donors (Lipinski definition) is 0. The molecule has 1 saturated heterocycles. The van der Waals surface area contributed by atoms with E-state index in [0.29, 0.717) is 24.6 Å². The Morgan fingerprint density at radius 1 is 1.04 bits per heavy atom. The largest absolute Gasteiger partial charge is 0.243 e. The predicted molar refractivity (Wildman–Crippen MR) is 92.7 cm³/mol. The van der Waals surface area contributed by atoms with Gasteiger partial charge in [-0.25, -0.2) is 12.8 Å². The number of piperidine rings is 1. The minimum absolute atomic E-state index is 0.225. The van der Waals surface area contributed by atoms with Gasteiger partial charge < -0.3 is 0 Å². The van der Waals surface area contributed by atoms with Gasteiger partial charge >= 0.3 is 0 Å². The summed E-state index contributed by atoms with van der Waals surface area (Å²) >= 11 is 0. The topological polar surface area (TPSA) is 61.2 Å². The molecule has 1 aliphatic rings. The van der Waals surface area contributed by atoms with Gasteiger partial charge in [-0.05, 0) is 67.1 Å². The summed E-state index contributed by atoms with van der Waals surface area (Å²) in [5.74, 6) is 0.157. The Bertz CT molecular complexity index is 863. The van der Waals surface area contributed by atoms with Crippen molar-refractivity contribution >= 4 is 10.0 Å². The minimum atomic E-state index is -3.51. The van der Waals surface area contributed by atoms with Crippen LogP contribution in [-0.4, -0.2) is 25.8 Å². The molecular formula is C19H19FN2O2S. The second-order valence-corrected chi connectivity index (χ2v) is 8.25. The molecule has 1 fully saturated rings. The zero-order chi connectivity index (χ0) is 17.9. The Kier molecular flexibility index (Phi) is 5.16. The average molecular weight is 358 g/mol. The van der Waals surface area contributed by atoms with Crippen LogP contribution in [0.15, 0.2) is 53.4 Å². The van der Waals surface area contributed by atoms with Crippen LogP contribution in [0.3, 0.4) is 0 Å². The van der Waals surface area contributed by atoms with Gasteiger partial charge in [-0.15, -0.1) is 0 Å². The molecule has 1 aliphatic heterocycles. The Morgan fingerprint density at radius 2 is 1.64 bits per heavy atom. The van der Waals surface area contributed by atoms with E-state index in [1.54, 1.807) is 12.1 Å². The summed E-state index contributed by atoms with van der Waals surface area (Å²) in [4.78, 5) is 0.225. The molecule has 0 bridgehead atoms. The van der Waals surface area contributed by atoms with Crippen molar-refractivity contribution in [2.75, 3.05) is 13.1 Å². The van der Waals surface area contributed by atoms with Crippen LogP contribution >= 0.6 is 0 Å². The fourth-order valence-corrected chi connectivity index (χ4v) is 4.63. The summed E-state index contributed by atoms with van der Waals surface area (Å²) in [6, 6.07) is 14.5. The van der Waals surface area contributed by atoms with E-state index < -0.39 is 10.0 Å². The van der Waals surface area contributed by atoms with E-state index in [0.717, 1.165) is 24.8 Å². The highest BCUT2D eigenvalue weighted by molar-refractivity contribution is 7.89. The highest BCUT2D eigenvalue weighted by Gasteiger charge is 2.29. The van der Waals surface area contributed by atoms with Crippen LogP contribution in [0.4, 0.5) is 4.39 Å². The maximum absolute atomic E-state index is 13.0. The number of sulfonamides is 1. The van der Waals surface area contributed by atoms with Gasteiger partial charge in [0.05, 0.1) is 16.5 Å². The monoisotopic (exact) mass is 358 g/mol. The Hall–Kier alpha value is -2.23. The van der Waals surface area contributed by atoms with E-state index in [1.807, 2.05) is 6.07 Å². The quantitative estimate of drug-likeness (QED) is 0.842. The van der Waals surface area contributed by atoms with Crippen LogP contribution in [0.1, 0.15) is 24.0 Å². The molecular weight excluding hydrogens is 339 g/mol. The van der Waals surface area contributed by atoms with Crippen LogP contribution in [0, 0.1) is 23.1 Å². The molecule has 0 amide bonds. The van der Waals surface area contributed by atoms with Crippen molar-refractivity contribution in [2.45, 2.75) is 24.2 Å². The molecule has 0 saturated carbocycles. The smallest absolute Gasteiger partial charge is 0.207 e. The summed E-state index contributed by atoms with van der Waals surface area (Å²) < 4.78 is 39.9.